The highest BCUT2D eigenvalue weighted by Gasteiger charge is 2.38. The van der Waals surface area contributed by atoms with Gasteiger partial charge in [0.05, 0.1) is 5.69 Å². The van der Waals surface area contributed by atoms with E-state index in [0.29, 0.717) is 5.95 Å². The summed E-state index contributed by atoms with van der Waals surface area (Å²) < 4.78 is 0. The molecule has 30 heavy (non-hydrogen) atoms. The van der Waals surface area contributed by atoms with Gasteiger partial charge in [-0.05, 0) is 55.8 Å². The summed E-state index contributed by atoms with van der Waals surface area (Å²) in [5.74, 6) is 0.651. The monoisotopic (exact) mass is 465 g/mol. The molecule has 0 amide bonds. The second-order valence-electron chi connectivity index (χ2n) is 7.08. The molecule has 1 fully saturated rings. The highest BCUT2D eigenvalue weighted by Crippen LogP contribution is 2.42. The molecule has 1 saturated heterocycles. The van der Waals surface area contributed by atoms with E-state index in [2.05, 4.69) is 32.7 Å². The molecule has 0 unspecified atom stereocenters. The van der Waals surface area contributed by atoms with Gasteiger partial charge in [0.15, 0.2) is 0 Å². The lowest BCUT2D eigenvalue weighted by Crippen LogP contribution is -2.41. The average molecular weight is 467 g/mol. The van der Waals surface area contributed by atoms with E-state index in [1.165, 1.54) is 0 Å². The maximum atomic E-state index is 6.60. The van der Waals surface area contributed by atoms with E-state index in [1.54, 1.807) is 0 Å². The summed E-state index contributed by atoms with van der Waals surface area (Å²) in [7, 11) is 0. The van der Waals surface area contributed by atoms with Crippen LogP contribution in [0.4, 0.5) is 5.95 Å². The molecule has 5 nitrogen and oxygen atoms in total. The molecule has 1 aromatic carbocycles. The van der Waals surface area contributed by atoms with E-state index in [9.17, 15) is 0 Å². The first kappa shape index (κ1) is 24.4. The van der Waals surface area contributed by atoms with Crippen LogP contribution in [0.5, 0.6) is 0 Å². The highest BCUT2D eigenvalue weighted by atomic mass is 35.5. The van der Waals surface area contributed by atoms with Gasteiger partial charge < -0.3 is 10.6 Å². The fourth-order valence-corrected chi connectivity index (χ4v) is 4.24. The standard InChI is InChI=1S/C22H24ClN5.2ClH/c23-19-7-2-1-6-18(19)22(10-15-24-16-11-22)20-9-14-27-21(28-20)26-13-8-17-5-3-4-12-25-17;;/h1-7,9,12,14,24H,8,10-11,13,15-16H2,(H,26,27,28);2*1H. The first-order chi connectivity index (χ1) is 13.8. The van der Waals surface area contributed by atoms with Gasteiger partial charge in [-0.1, -0.05) is 35.9 Å². The van der Waals surface area contributed by atoms with Crippen molar-refractivity contribution in [1.29, 1.82) is 0 Å². The van der Waals surface area contributed by atoms with Crippen molar-refractivity contribution in [3.05, 3.63) is 82.9 Å². The molecule has 0 spiro atoms. The maximum Gasteiger partial charge on any atom is 0.222 e. The Labute approximate surface area is 194 Å². The van der Waals surface area contributed by atoms with Crippen LogP contribution in [-0.2, 0) is 11.8 Å². The summed E-state index contributed by atoms with van der Waals surface area (Å²) in [5, 5.41) is 7.60. The molecular formula is C22H26Cl3N5. The van der Waals surface area contributed by atoms with Crippen molar-refractivity contribution in [3.63, 3.8) is 0 Å². The minimum Gasteiger partial charge on any atom is -0.354 e. The molecular weight excluding hydrogens is 441 g/mol. The van der Waals surface area contributed by atoms with Crippen LogP contribution < -0.4 is 10.6 Å². The number of pyridine rings is 1. The Morgan fingerprint density at radius 2 is 1.70 bits per heavy atom. The van der Waals surface area contributed by atoms with E-state index in [1.807, 2.05) is 48.8 Å². The molecule has 0 atom stereocenters. The Morgan fingerprint density at radius 1 is 0.933 bits per heavy atom. The van der Waals surface area contributed by atoms with Gasteiger partial charge in [-0.15, -0.1) is 24.8 Å². The fraction of sp³-hybridized carbons (Fsp3) is 0.318. The topological polar surface area (TPSA) is 62.7 Å². The van der Waals surface area contributed by atoms with Gasteiger partial charge in [-0.2, -0.15) is 0 Å². The molecule has 0 radical (unpaired) electrons. The lowest BCUT2D eigenvalue weighted by atomic mass is 9.70. The van der Waals surface area contributed by atoms with Gasteiger partial charge in [0.2, 0.25) is 5.95 Å². The summed E-state index contributed by atoms with van der Waals surface area (Å²) in [6.07, 6.45) is 6.40. The predicted octanol–water partition coefficient (Wildman–Crippen LogP) is 4.69. The zero-order valence-electron chi connectivity index (χ0n) is 16.6. The minimum absolute atomic E-state index is 0. The summed E-state index contributed by atoms with van der Waals surface area (Å²) in [6.45, 7) is 2.62. The van der Waals surface area contributed by atoms with Gasteiger partial charge in [0.1, 0.15) is 0 Å². The number of benzene rings is 1. The number of nitrogens with one attached hydrogen (secondary N) is 2. The van der Waals surface area contributed by atoms with Crippen LogP contribution in [0.25, 0.3) is 0 Å². The molecule has 2 aromatic heterocycles. The largest absolute Gasteiger partial charge is 0.354 e. The van der Waals surface area contributed by atoms with Crippen LogP contribution in [0.15, 0.2) is 60.9 Å². The van der Waals surface area contributed by atoms with Gasteiger partial charge in [0, 0.05) is 41.5 Å². The number of aromatic nitrogens is 3. The van der Waals surface area contributed by atoms with Crippen LogP contribution in [0.1, 0.15) is 29.8 Å². The zero-order chi connectivity index (χ0) is 19.2. The molecule has 4 rings (SSSR count). The van der Waals surface area contributed by atoms with E-state index in [-0.39, 0.29) is 30.2 Å². The Bertz CT molecular complexity index is 917. The van der Waals surface area contributed by atoms with E-state index in [4.69, 9.17) is 16.6 Å². The van der Waals surface area contributed by atoms with Crippen molar-refractivity contribution in [2.24, 2.45) is 0 Å². The van der Waals surface area contributed by atoms with Crippen molar-refractivity contribution < 1.29 is 0 Å². The minimum atomic E-state index is -0.191. The third kappa shape index (κ3) is 5.41. The normalized spacial score (nSPS) is 14.8. The predicted molar refractivity (Wildman–Crippen MR) is 127 cm³/mol. The van der Waals surface area contributed by atoms with E-state index >= 15 is 0 Å². The van der Waals surface area contributed by atoms with Crippen molar-refractivity contribution in [3.8, 4) is 0 Å². The molecule has 0 aliphatic carbocycles. The number of hydrogen-bond acceptors (Lipinski definition) is 5. The van der Waals surface area contributed by atoms with Crippen LogP contribution in [0.3, 0.4) is 0 Å². The number of piperidine rings is 1. The second-order valence-corrected chi connectivity index (χ2v) is 7.48. The van der Waals surface area contributed by atoms with Crippen molar-refractivity contribution in [1.82, 2.24) is 20.3 Å². The van der Waals surface area contributed by atoms with Gasteiger partial charge >= 0.3 is 0 Å². The third-order valence-corrected chi connectivity index (χ3v) is 5.71. The van der Waals surface area contributed by atoms with E-state index in [0.717, 1.165) is 60.9 Å². The second kappa shape index (κ2) is 11.5. The summed E-state index contributed by atoms with van der Waals surface area (Å²) >= 11 is 6.60. The van der Waals surface area contributed by atoms with Crippen molar-refractivity contribution in [2.75, 3.05) is 25.0 Å². The van der Waals surface area contributed by atoms with E-state index < -0.39 is 0 Å². The number of nitrogens with zero attached hydrogens (tertiary/aromatic N) is 3. The fourth-order valence-electron chi connectivity index (χ4n) is 3.93. The van der Waals surface area contributed by atoms with Crippen molar-refractivity contribution in [2.45, 2.75) is 24.7 Å². The Balaban J connectivity index is 0.00000160. The zero-order valence-corrected chi connectivity index (χ0v) is 18.9. The van der Waals surface area contributed by atoms with Crippen LogP contribution in [0, 0.1) is 0 Å². The maximum absolute atomic E-state index is 6.60. The number of rotatable bonds is 6. The van der Waals surface area contributed by atoms with Gasteiger partial charge in [0.25, 0.3) is 0 Å². The lowest BCUT2D eigenvalue weighted by molar-refractivity contribution is 0.354. The van der Waals surface area contributed by atoms with Crippen LogP contribution >= 0.6 is 36.4 Å². The molecule has 0 bridgehead atoms. The Hall–Kier alpha value is -1.92. The third-order valence-electron chi connectivity index (χ3n) is 5.38. The SMILES string of the molecule is Cl.Cl.Clc1ccccc1C1(c2ccnc(NCCc3ccccn3)n2)CCNCC1. The lowest BCUT2D eigenvalue weighted by Gasteiger charge is -2.38. The molecule has 1 aliphatic rings. The quantitative estimate of drug-likeness (QED) is 0.552. The van der Waals surface area contributed by atoms with Crippen molar-refractivity contribution >= 4 is 42.4 Å². The van der Waals surface area contributed by atoms with Gasteiger partial charge in [-0.3, -0.25) is 4.98 Å². The molecule has 160 valence electrons. The Kier molecular flexibility index (Phi) is 9.31. The van der Waals surface area contributed by atoms with Crippen LogP contribution in [0.2, 0.25) is 5.02 Å². The molecule has 3 aromatic rings. The molecule has 2 N–H and O–H groups in total. The number of hydrogen-bond donors (Lipinski definition) is 2. The summed E-state index contributed by atoms with van der Waals surface area (Å²) in [5.41, 5.74) is 3.04. The Morgan fingerprint density at radius 3 is 2.43 bits per heavy atom. The molecule has 0 saturated carbocycles. The molecule has 8 heteroatoms. The van der Waals surface area contributed by atoms with Crippen LogP contribution in [-0.4, -0.2) is 34.6 Å². The first-order valence-corrected chi connectivity index (χ1v) is 10.1. The summed E-state index contributed by atoms with van der Waals surface area (Å²) in [6, 6.07) is 16.1. The number of halogens is 3. The highest BCUT2D eigenvalue weighted by molar-refractivity contribution is 6.31. The number of anilines is 1. The molecule has 3 heterocycles. The van der Waals surface area contributed by atoms with Gasteiger partial charge in [-0.25, -0.2) is 9.97 Å². The summed E-state index contributed by atoms with van der Waals surface area (Å²) in [4.78, 5) is 13.7. The average Bonchev–Trinajstić information content (AvgIpc) is 2.76. The smallest absolute Gasteiger partial charge is 0.222 e. The first-order valence-electron chi connectivity index (χ1n) is 9.71. The molecule has 1 aliphatic heterocycles.